The van der Waals surface area contributed by atoms with Crippen LogP contribution in [0.4, 0.5) is 8.78 Å². The quantitative estimate of drug-likeness (QED) is 0.626. The predicted octanol–water partition coefficient (Wildman–Crippen LogP) is 4.81. The Morgan fingerprint density at radius 2 is 2.00 bits per heavy atom. The summed E-state index contributed by atoms with van der Waals surface area (Å²) in [6.45, 7) is -0.173. The van der Waals surface area contributed by atoms with Gasteiger partial charge in [-0.05, 0) is 41.7 Å². The number of alkyl halides is 2. The van der Waals surface area contributed by atoms with Crippen molar-refractivity contribution < 1.29 is 13.6 Å². The highest BCUT2D eigenvalue weighted by Gasteiger charge is 2.28. The molecule has 27 heavy (non-hydrogen) atoms. The van der Waals surface area contributed by atoms with Gasteiger partial charge in [-0.2, -0.15) is 0 Å². The predicted molar refractivity (Wildman–Crippen MR) is 102 cm³/mol. The second kappa shape index (κ2) is 8.05. The van der Waals surface area contributed by atoms with Crippen LogP contribution in [-0.2, 0) is 24.2 Å². The smallest absolute Gasteiger partial charge is 0.255 e. The second-order valence-corrected chi connectivity index (χ2v) is 8.83. The van der Waals surface area contributed by atoms with Gasteiger partial charge in [0.25, 0.3) is 6.43 Å². The van der Waals surface area contributed by atoms with Gasteiger partial charge in [-0.25, -0.2) is 8.78 Å². The van der Waals surface area contributed by atoms with E-state index >= 15 is 0 Å². The van der Waals surface area contributed by atoms with Crippen molar-refractivity contribution in [3.63, 3.8) is 0 Å². The Kier molecular flexibility index (Phi) is 5.53. The van der Waals surface area contributed by atoms with Gasteiger partial charge in [-0.1, -0.05) is 19.3 Å². The number of carbonyl (C=O) groups is 1. The molecule has 0 aromatic carbocycles. The molecule has 144 valence electrons. The third-order valence-corrected chi connectivity index (χ3v) is 6.82. The lowest BCUT2D eigenvalue weighted by Gasteiger charge is -2.29. The minimum Gasteiger partial charge on any atom is -0.332 e. The number of pyridine rings is 1. The molecule has 0 saturated heterocycles. The van der Waals surface area contributed by atoms with Crippen LogP contribution in [0.3, 0.4) is 0 Å². The van der Waals surface area contributed by atoms with E-state index in [1.54, 1.807) is 11.3 Å². The number of aromatic nitrogens is 1. The summed E-state index contributed by atoms with van der Waals surface area (Å²) in [4.78, 5) is 20.7. The van der Waals surface area contributed by atoms with Crippen LogP contribution in [0.5, 0.6) is 0 Å². The summed E-state index contributed by atoms with van der Waals surface area (Å²) in [5.74, 6) is -0.170. The molecule has 2 aromatic heterocycles. The number of rotatable bonds is 5. The molecule has 2 aromatic rings. The second-order valence-electron chi connectivity index (χ2n) is 7.60. The first-order valence-corrected chi connectivity index (χ1v) is 10.5. The van der Waals surface area contributed by atoms with Gasteiger partial charge in [0, 0.05) is 40.9 Å². The van der Waals surface area contributed by atoms with Crippen LogP contribution in [0.2, 0.25) is 0 Å². The highest BCUT2D eigenvalue weighted by molar-refractivity contribution is 7.12. The van der Waals surface area contributed by atoms with Gasteiger partial charge in [-0.15, -0.1) is 11.3 Å². The lowest BCUT2D eigenvalue weighted by molar-refractivity contribution is -0.139. The van der Waals surface area contributed by atoms with Gasteiger partial charge < -0.3 is 4.90 Å². The zero-order chi connectivity index (χ0) is 18.8. The number of fused-ring (bicyclic) bond motifs is 2. The largest absolute Gasteiger partial charge is 0.332 e. The lowest BCUT2D eigenvalue weighted by atomic mass is 9.88. The summed E-state index contributed by atoms with van der Waals surface area (Å²) in [5, 5.41) is 0. The summed E-state index contributed by atoms with van der Waals surface area (Å²) in [7, 11) is 0. The number of nitrogens with zero attached hydrogens (tertiary/aromatic N) is 2. The average molecular weight is 390 g/mol. The van der Waals surface area contributed by atoms with Gasteiger partial charge in [0.05, 0.1) is 13.1 Å². The molecule has 0 spiro atoms. The molecule has 1 fully saturated rings. The van der Waals surface area contributed by atoms with E-state index in [1.165, 1.54) is 26.5 Å². The van der Waals surface area contributed by atoms with Gasteiger partial charge in [-0.3, -0.25) is 9.78 Å². The van der Waals surface area contributed by atoms with E-state index in [2.05, 4.69) is 11.1 Å². The first-order valence-electron chi connectivity index (χ1n) is 9.69. The van der Waals surface area contributed by atoms with Crippen LogP contribution < -0.4 is 0 Å². The summed E-state index contributed by atoms with van der Waals surface area (Å²) in [6, 6.07) is 4.15. The third kappa shape index (κ3) is 4.21. The van der Waals surface area contributed by atoms with Crippen LogP contribution in [0.1, 0.15) is 58.5 Å². The molecule has 2 aliphatic rings. The van der Waals surface area contributed by atoms with Gasteiger partial charge in [0.2, 0.25) is 5.91 Å². The standard InChI is InChI=1S/C21H24F2N2OS/c22-20(23)13-25(21(26)14-4-2-1-3-5-14)12-18-9-16-8-17-11-24-7-6-15(17)10-19(16)27-18/h6-7,9,11,14,20H,1-5,8,10,12-13H2. The molecule has 4 rings (SSSR count). The molecule has 0 aliphatic heterocycles. The maximum atomic E-state index is 13.1. The summed E-state index contributed by atoms with van der Waals surface area (Å²) in [5.41, 5.74) is 3.77. The maximum Gasteiger partial charge on any atom is 0.255 e. The van der Waals surface area contributed by atoms with Gasteiger partial charge >= 0.3 is 0 Å². The maximum absolute atomic E-state index is 13.1. The van der Waals surface area contributed by atoms with Crippen molar-refractivity contribution in [2.75, 3.05) is 6.54 Å². The SMILES string of the molecule is O=C(C1CCCCC1)N(Cc1cc2c(s1)Cc1ccncc1C2)CC(F)F. The van der Waals surface area contributed by atoms with E-state index in [0.717, 1.165) is 49.8 Å². The van der Waals surface area contributed by atoms with Crippen molar-refractivity contribution in [1.82, 2.24) is 9.88 Å². The number of amides is 1. The number of hydrogen-bond donors (Lipinski definition) is 0. The van der Waals surface area contributed by atoms with Crippen LogP contribution in [0.25, 0.3) is 0 Å². The Morgan fingerprint density at radius 1 is 1.19 bits per heavy atom. The topological polar surface area (TPSA) is 33.2 Å². The van der Waals surface area contributed by atoms with Gasteiger partial charge in [0.1, 0.15) is 0 Å². The van der Waals surface area contributed by atoms with E-state index in [4.69, 9.17) is 0 Å². The molecular weight excluding hydrogens is 366 g/mol. The monoisotopic (exact) mass is 390 g/mol. The highest BCUT2D eigenvalue weighted by atomic mass is 32.1. The van der Waals surface area contributed by atoms with Gasteiger partial charge in [0.15, 0.2) is 0 Å². The Labute approximate surface area is 162 Å². The number of carbonyl (C=O) groups excluding carboxylic acids is 1. The van der Waals surface area contributed by atoms with E-state index in [0.29, 0.717) is 6.54 Å². The first kappa shape index (κ1) is 18.5. The van der Waals surface area contributed by atoms with E-state index in [-0.39, 0.29) is 11.8 Å². The van der Waals surface area contributed by atoms with Crippen LogP contribution in [0.15, 0.2) is 24.5 Å². The summed E-state index contributed by atoms with van der Waals surface area (Å²) in [6.07, 6.45) is 7.79. The summed E-state index contributed by atoms with van der Waals surface area (Å²) >= 11 is 1.66. The third-order valence-electron chi connectivity index (χ3n) is 5.66. The molecule has 0 bridgehead atoms. The molecule has 0 N–H and O–H groups in total. The number of halogens is 2. The average Bonchev–Trinajstić information content (AvgIpc) is 3.06. The zero-order valence-corrected chi connectivity index (χ0v) is 16.1. The van der Waals surface area contributed by atoms with Crippen LogP contribution >= 0.6 is 11.3 Å². The minimum absolute atomic E-state index is 0.0811. The van der Waals surface area contributed by atoms with Crippen molar-refractivity contribution in [3.8, 4) is 0 Å². The van der Waals surface area contributed by atoms with Crippen molar-refractivity contribution in [2.45, 2.75) is 57.9 Å². The Hall–Kier alpha value is -1.82. The zero-order valence-electron chi connectivity index (χ0n) is 15.3. The molecule has 2 aliphatic carbocycles. The summed E-state index contributed by atoms with van der Waals surface area (Å²) < 4.78 is 26.2. The van der Waals surface area contributed by atoms with E-state index in [9.17, 15) is 13.6 Å². The highest BCUT2D eigenvalue weighted by Crippen LogP contribution is 2.34. The van der Waals surface area contributed by atoms with E-state index < -0.39 is 13.0 Å². The fraction of sp³-hybridized carbons (Fsp3) is 0.524. The molecule has 0 radical (unpaired) electrons. The first-order chi connectivity index (χ1) is 13.1. The van der Waals surface area contributed by atoms with E-state index in [1.807, 2.05) is 18.5 Å². The molecule has 3 nitrogen and oxygen atoms in total. The Morgan fingerprint density at radius 3 is 2.78 bits per heavy atom. The molecule has 1 amide bonds. The molecular formula is C21H24F2N2OS. The van der Waals surface area contributed by atoms with Crippen molar-refractivity contribution in [1.29, 1.82) is 0 Å². The molecule has 2 heterocycles. The number of hydrogen-bond acceptors (Lipinski definition) is 3. The minimum atomic E-state index is -2.50. The Bertz CT molecular complexity index is 772. The molecule has 0 atom stereocenters. The molecule has 6 heteroatoms. The van der Waals surface area contributed by atoms with Crippen LogP contribution in [-0.4, -0.2) is 28.8 Å². The van der Waals surface area contributed by atoms with Crippen LogP contribution in [0, 0.1) is 5.92 Å². The fourth-order valence-electron chi connectivity index (χ4n) is 4.27. The van der Waals surface area contributed by atoms with Crippen molar-refractivity contribution >= 4 is 17.2 Å². The molecule has 0 unspecified atom stereocenters. The number of thiophene rings is 1. The van der Waals surface area contributed by atoms with Crippen molar-refractivity contribution in [2.24, 2.45) is 5.92 Å². The normalized spacial score (nSPS) is 16.9. The van der Waals surface area contributed by atoms with Crippen molar-refractivity contribution in [3.05, 3.63) is 51.0 Å². The lowest BCUT2D eigenvalue weighted by Crippen LogP contribution is -2.39. The Balaban J connectivity index is 1.50. The fourth-order valence-corrected chi connectivity index (χ4v) is 5.49. The molecule has 1 saturated carbocycles.